The quantitative estimate of drug-likeness (QED) is 0.475. The average Bonchev–Trinajstić information content (AvgIpc) is 2.72. The fourth-order valence-electron chi connectivity index (χ4n) is 3.41. The van der Waals surface area contributed by atoms with Gasteiger partial charge >= 0.3 is 6.09 Å². The summed E-state index contributed by atoms with van der Waals surface area (Å²) in [5, 5.41) is 9.38. The average molecular weight is 432 g/mol. The molecule has 1 saturated heterocycles. The van der Waals surface area contributed by atoms with Crippen molar-refractivity contribution in [2.24, 2.45) is 4.99 Å². The maximum absolute atomic E-state index is 12.4. The molecular weight excluding hydrogens is 394 g/mol. The molecule has 3 N–H and O–H groups in total. The number of nitrogens with one attached hydrogen (secondary N) is 3. The van der Waals surface area contributed by atoms with Gasteiger partial charge in [0.15, 0.2) is 5.96 Å². The van der Waals surface area contributed by atoms with E-state index in [1.165, 1.54) is 0 Å². The minimum Gasteiger partial charge on any atom is -0.444 e. The summed E-state index contributed by atoms with van der Waals surface area (Å²) in [6.07, 6.45) is 2.35. The molecule has 0 radical (unpaired) electrons. The van der Waals surface area contributed by atoms with Gasteiger partial charge in [0.2, 0.25) is 0 Å². The first kappa shape index (κ1) is 24.5. The second-order valence-electron chi connectivity index (χ2n) is 8.70. The van der Waals surface area contributed by atoms with Crippen LogP contribution in [0, 0.1) is 0 Å². The molecule has 0 spiro atoms. The van der Waals surface area contributed by atoms with E-state index in [0.717, 1.165) is 37.3 Å². The van der Waals surface area contributed by atoms with Crippen LogP contribution in [-0.4, -0.2) is 67.7 Å². The Hall–Kier alpha value is -2.77. The molecule has 1 unspecified atom stereocenters. The smallest absolute Gasteiger partial charge is 0.410 e. The SMILES string of the molecule is CCNC(=NCCc1cccc(C(=O)NC)c1)NC1CCCN(C(=O)OC(C)(C)C)C1. The van der Waals surface area contributed by atoms with Crippen molar-refractivity contribution >= 4 is 18.0 Å². The van der Waals surface area contributed by atoms with Crippen LogP contribution in [0.4, 0.5) is 4.79 Å². The first-order valence-corrected chi connectivity index (χ1v) is 11.1. The van der Waals surface area contributed by atoms with Crippen LogP contribution >= 0.6 is 0 Å². The fraction of sp³-hybridized carbons (Fsp3) is 0.609. The Morgan fingerprint density at radius 2 is 2.06 bits per heavy atom. The van der Waals surface area contributed by atoms with Gasteiger partial charge in [-0.2, -0.15) is 0 Å². The zero-order chi connectivity index (χ0) is 22.9. The van der Waals surface area contributed by atoms with E-state index in [0.29, 0.717) is 25.2 Å². The molecule has 31 heavy (non-hydrogen) atoms. The van der Waals surface area contributed by atoms with E-state index in [1.807, 2.05) is 45.9 Å². The molecule has 8 heteroatoms. The lowest BCUT2D eigenvalue weighted by Gasteiger charge is -2.35. The van der Waals surface area contributed by atoms with E-state index in [1.54, 1.807) is 18.0 Å². The zero-order valence-corrected chi connectivity index (χ0v) is 19.5. The number of aliphatic imine (C=N–C) groups is 1. The molecule has 0 aliphatic carbocycles. The van der Waals surface area contributed by atoms with E-state index in [4.69, 9.17) is 4.74 Å². The predicted molar refractivity (Wildman–Crippen MR) is 123 cm³/mol. The van der Waals surface area contributed by atoms with E-state index < -0.39 is 5.60 Å². The number of amides is 2. The summed E-state index contributed by atoms with van der Waals surface area (Å²) in [5.41, 5.74) is 1.22. The highest BCUT2D eigenvalue weighted by Gasteiger charge is 2.28. The number of carbonyl (C=O) groups excluding carboxylic acids is 2. The molecule has 2 amide bonds. The standard InChI is InChI=1S/C23H37N5O3/c1-6-25-21(26-13-12-17-9-7-10-18(15-17)20(29)24-5)27-19-11-8-14-28(16-19)22(30)31-23(2,3)4/h7,9-10,15,19H,6,8,11-14,16H2,1-5H3,(H,24,29)(H2,25,26,27). The van der Waals surface area contributed by atoms with Crippen molar-refractivity contribution in [3.8, 4) is 0 Å². The van der Waals surface area contributed by atoms with Crippen molar-refractivity contribution in [3.63, 3.8) is 0 Å². The Bertz CT molecular complexity index is 773. The number of benzene rings is 1. The second kappa shape index (κ2) is 11.6. The van der Waals surface area contributed by atoms with Crippen molar-refractivity contribution in [2.45, 2.75) is 58.6 Å². The van der Waals surface area contributed by atoms with Gasteiger partial charge in [-0.3, -0.25) is 9.79 Å². The zero-order valence-electron chi connectivity index (χ0n) is 19.5. The Kier molecular flexibility index (Phi) is 9.15. The minimum absolute atomic E-state index is 0.0906. The van der Waals surface area contributed by atoms with E-state index in [9.17, 15) is 9.59 Å². The Morgan fingerprint density at radius 3 is 2.74 bits per heavy atom. The highest BCUT2D eigenvalue weighted by molar-refractivity contribution is 5.94. The molecule has 1 aliphatic heterocycles. The summed E-state index contributed by atoms with van der Waals surface area (Å²) in [7, 11) is 1.63. The lowest BCUT2D eigenvalue weighted by atomic mass is 10.1. The van der Waals surface area contributed by atoms with Crippen LogP contribution in [0.3, 0.4) is 0 Å². The van der Waals surface area contributed by atoms with Crippen LogP contribution in [-0.2, 0) is 11.2 Å². The maximum Gasteiger partial charge on any atom is 0.410 e. The second-order valence-corrected chi connectivity index (χ2v) is 8.70. The number of hydrogen-bond acceptors (Lipinski definition) is 4. The molecule has 0 bridgehead atoms. The molecule has 2 rings (SSSR count). The normalized spacial score (nSPS) is 17.1. The number of guanidine groups is 1. The third-order valence-electron chi connectivity index (χ3n) is 4.84. The predicted octanol–water partition coefficient (Wildman–Crippen LogP) is 2.54. The summed E-state index contributed by atoms with van der Waals surface area (Å²) >= 11 is 0. The maximum atomic E-state index is 12.4. The molecule has 8 nitrogen and oxygen atoms in total. The first-order chi connectivity index (χ1) is 14.7. The number of ether oxygens (including phenoxy) is 1. The summed E-state index contributed by atoms with van der Waals surface area (Å²) < 4.78 is 5.51. The summed E-state index contributed by atoms with van der Waals surface area (Å²) in [6.45, 7) is 10.3. The van der Waals surface area contributed by atoms with Gasteiger partial charge in [0.25, 0.3) is 5.91 Å². The highest BCUT2D eigenvalue weighted by atomic mass is 16.6. The van der Waals surface area contributed by atoms with Crippen molar-refractivity contribution in [1.29, 1.82) is 0 Å². The van der Waals surface area contributed by atoms with Crippen LogP contribution in [0.5, 0.6) is 0 Å². The van der Waals surface area contributed by atoms with Crippen molar-refractivity contribution in [1.82, 2.24) is 20.9 Å². The van der Waals surface area contributed by atoms with E-state index >= 15 is 0 Å². The first-order valence-electron chi connectivity index (χ1n) is 11.1. The third-order valence-corrected chi connectivity index (χ3v) is 4.84. The highest BCUT2D eigenvalue weighted by Crippen LogP contribution is 2.15. The number of nitrogens with zero attached hydrogens (tertiary/aromatic N) is 2. The topological polar surface area (TPSA) is 95.1 Å². The molecule has 0 aromatic heterocycles. The van der Waals surface area contributed by atoms with E-state index in [2.05, 4.69) is 20.9 Å². The van der Waals surface area contributed by atoms with Crippen molar-refractivity contribution < 1.29 is 14.3 Å². The summed E-state index contributed by atoms with van der Waals surface area (Å²) in [6, 6.07) is 7.71. The van der Waals surface area contributed by atoms with Crippen molar-refractivity contribution in [3.05, 3.63) is 35.4 Å². The minimum atomic E-state index is -0.497. The molecule has 172 valence electrons. The summed E-state index contributed by atoms with van der Waals surface area (Å²) in [5.74, 6) is 0.646. The molecule has 1 aliphatic rings. The fourth-order valence-corrected chi connectivity index (χ4v) is 3.41. The van der Waals surface area contributed by atoms with Gasteiger partial charge in [0, 0.05) is 44.8 Å². The largest absolute Gasteiger partial charge is 0.444 e. The number of rotatable bonds is 6. The number of likely N-dealkylation sites (tertiary alicyclic amines) is 1. The van der Waals surface area contributed by atoms with Gasteiger partial charge in [0.05, 0.1) is 0 Å². The molecule has 1 aromatic rings. The Balaban J connectivity index is 1.93. The monoisotopic (exact) mass is 431 g/mol. The molecule has 1 fully saturated rings. The molecule has 1 atom stereocenters. The van der Waals surface area contributed by atoms with E-state index in [-0.39, 0.29) is 18.0 Å². The Morgan fingerprint density at radius 1 is 1.29 bits per heavy atom. The van der Waals surface area contributed by atoms with Crippen LogP contribution < -0.4 is 16.0 Å². The summed E-state index contributed by atoms with van der Waals surface area (Å²) in [4.78, 5) is 30.7. The van der Waals surface area contributed by atoms with Gasteiger partial charge in [-0.25, -0.2) is 4.79 Å². The molecule has 0 saturated carbocycles. The van der Waals surface area contributed by atoms with Crippen molar-refractivity contribution in [2.75, 3.05) is 33.2 Å². The number of piperidine rings is 1. The van der Waals surface area contributed by atoms with Crippen LogP contribution in [0.15, 0.2) is 29.3 Å². The molecule has 1 heterocycles. The van der Waals surface area contributed by atoms with Gasteiger partial charge < -0.3 is 25.6 Å². The van der Waals surface area contributed by atoms with Gasteiger partial charge in [0.1, 0.15) is 5.60 Å². The third kappa shape index (κ3) is 8.47. The van der Waals surface area contributed by atoms with Gasteiger partial charge in [-0.15, -0.1) is 0 Å². The number of hydrogen-bond donors (Lipinski definition) is 3. The lowest BCUT2D eigenvalue weighted by molar-refractivity contribution is 0.0193. The molecule has 1 aromatic carbocycles. The molecular formula is C23H37N5O3. The van der Waals surface area contributed by atoms with Crippen LogP contribution in [0.1, 0.15) is 56.5 Å². The van der Waals surface area contributed by atoms with Crippen LogP contribution in [0.2, 0.25) is 0 Å². The number of carbonyl (C=O) groups is 2. The lowest BCUT2D eigenvalue weighted by Crippen LogP contribution is -2.53. The van der Waals surface area contributed by atoms with Crippen LogP contribution in [0.25, 0.3) is 0 Å². The van der Waals surface area contributed by atoms with Gasteiger partial charge in [-0.05, 0) is 64.7 Å². The Labute approximate surface area is 185 Å². The van der Waals surface area contributed by atoms with Gasteiger partial charge in [-0.1, -0.05) is 12.1 Å².